The number of carbonyl (C=O) groups is 2. The van der Waals surface area contributed by atoms with Crippen molar-refractivity contribution in [3.8, 4) is 0 Å². The third kappa shape index (κ3) is 3.43. The van der Waals surface area contributed by atoms with Crippen LogP contribution in [0.25, 0.3) is 10.9 Å². The van der Waals surface area contributed by atoms with Gasteiger partial charge in [-0.1, -0.05) is 12.1 Å². The number of nitrogens with zero attached hydrogens (tertiary/aromatic N) is 2. The molecule has 1 amide bonds. The summed E-state index contributed by atoms with van der Waals surface area (Å²) in [5.41, 5.74) is 2.56. The van der Waals surface area contributed by atoms with Crippen LogP contribution in [-0.2, 0) is 13.0 Å². The van der Waals surface area contributed by atoms with E-state index >= 15 is 0 Å². The van der Waals surface area contributed by atoms with E-state index in [1.807, 2.05) is 35.0 Å². The highest BCUT2D eigenvalue weighted by Crippen LogP contribution is 2.23. The molecule has 0 unspecified atom stereocenters. The van der Waals surface area contributed by atoms with Gasteiger partial charge in [0.15, 0.2) is 0 Å². The molecule has 7 heteroatoms. The maximum absolute atomic E-state index is 11.9. The van der Waals surface area contributed by atoms with Crippen molar-refractivity contribution in [2.75, 3.05) is 13.7 Å². The first-order valence-electron chi connectivity index (χ1n) is 8.17. The molecule has 2 aromatic heterocycles. The molecular formula is C19H19N3O4. The highest BCUT2D eigenvalue weighted by atomic mass is 16.4. The largest absolute Gasteiger partial charge is 0.478 e. The summed E-state index contributed by atoms with van der Waals surface area (Å²) in [6.07, 6.45) is 2.30. The number of hydrogen-bond donors (Lipinski definition) is 3. The lowest BCUT2D eigenvalue weighted by Crippen LogP contribution is -2.20. The number of aromatic nitrogens is 2. The Morgan fingerprint density at radius 3 is 2.73 bits per heavy atom. The van der Waals surface area contributed by atoms with Crippen LogP contribution in [0.5, 0.6) is 0 Å². The Bertz CT molecular complexity index is 978. The highest BCUT2D eigenvalue weighted by Gasteiger charge is 2.14. The molecule has 0 aliphatic carbocycles. The van der Waals surface area contributed by atoms with Crippen molar-refractivity contribution in [3.05, 3.63) is 65.1 Å². The summed E-state index contributed by atoms with van der Waals surface area (Å²) in [6.45, 7) is 0.548. The van der Waals surface area contributed by atoms with E-state index in [-0.39, 0.29) is 17.9 Å². The number of amides is 1. The third-order valence-corrected chi connectivity index (χ3v) is 4.20. The van der Waals surface area contributed by atoms with Gasteiger partial charge in [-0.25, -0.2) is 9.78 Å². The minimum absolute atomic E-state index is 0.0265. The number of nitrogens with one attached hydrogen (secondary N) is 1. The minimum atomic E-state index is -1.11. The topological polar surface area (TPSA) is 104 Å². The van der Waals surface area contributed by atoms with Gasteiger partial charge in [-0.3, -0.25) is 4.79 Å². The number of carboxylic acid groups (broad SMARTS) is 1. The molecule has 0 saturated carbocycles. The van der Waals surface area contributed by atoms with Crippen LogP contribution < -0.4 is 5.32 Å². The van der Waals surface area contributed by atoms with Crippen molar-refractivity contribution in [1.29, 1.82) is 0 Å². The molecule has 3 N–H and O–H groups in total. The number of pyridine rings is 1. The van der Waals surface area contributed by atoms with E-state index in [4.69, 9.17) is 5.11 Å². The molecule has 0 bridgehead atoms. The average Bonchev–Trinajstić information content (AvgIpc) is 3.05. The van der Waals surface area contributed by atoms with Crippen molar-refractivity contribution in [1.82, 2.24) is 14.9 Å². The fourth-order valence-corrected chi connectivity index (χ4v) is 2.99. The summed E-state index contributed by atoms with van der Waals surface area (Å²) >= 11 is 0. The van der Waals surface area contributed by atoms with Gasteiger partial charge in [0, 0.05) is 42.8 Å². The summed E-state index contributed by atoms with van der Waals surface area (Å²) in [6, 6.07) is 10.5. The lowest BCUT2D eigenvalue weighted by atomic mass is 10.0. The molecule has 134 valence electrons. The van der Waals surface area contributed by atoms with E-state index in [1.165, 1.54) is 19.2 Å². The maximum Gasteiger partial charge on any atom is 0.335 e. The Balaban J connectivity index is 2.03. The zero-order chi connectivity index (χ0) is 18.7. The van der Waals surface area contributed by atoms with Crippen LogP contribution in [0.15, 0.2) is 42.6 Å². The van der Waals surface area contributed by atoms with Gasteiger partial charge in [0.05, 0.1) is 12.2 Å². The first kappa shape index (κ1) is 17.6. The standard InChI is InChI=1S/C19H19N3O4/c1-20-18(24)16-11-13(19(25)26)10-14(21-16)9-12-3-2-4-17-15(12)5-6-22(17)7-8-23/h2-6,10-11,23H,7-9H2,1H3,(H,20,24)(H,25,26). The van der Waals surface area contributed by atoms with E-state index < -0.39 is 11.9 Å². The molecule has 2 heterocycles. The Kier molecular flexibility index (Phi) is 4.99. The van der Waals surface area contributed by atoms with Crippen LogP contribution in [0, 0.1) is 0 Å². The van der Waals surface area contributed by atoms with Gasteiger partial charge in [-0.05, 0) is 29.8 Å². The second-order valence-corrected chi connectivity index (χ2v) is 5.88. The average molecular weight is 353 g/mol. The normalized spacial score (nSPS) is 10.8. The van der Waals surface area contributed by atoms with Crippen molar-refractivity contribution < 1.29 is 19.8 Å². The van der Waals surface area contributed by atoms with Crippen molar-refractivity contribution in [2.24, 2.45) is 0 Å². The Morgan fingerprint density at radius 2 is 2.04 bits per heavy atom. The fraction of sp³-hybridized carbons (Fsp3) is 0.211. The second kappa shape index (κ2) is 7.37. The zero-order valence-corrected chi connectivity index (χ0v) is 14.3. The summed E-state index contributed by atoms with van der Waals surface area (Å²) in [5, 5.41) is 21.9. The molecule has 0 aliphatic heterocycles. The number of hydrogen-bond acceptors (Lipinski definition) is 4. The SMILES string of the molecule is CNC(=O)c1cc(C(=O)O)cc(Cc2cccc3c2ccn3CCO)n1. The predicted molar refractivity (Wildman–Crippen MR) is 96.4 cm³/mol. The molecule has 0 saturated heterocycles. The second-order valence-electron chi connectivity index (χ2n) is 5.88. The number of aliphatic hydroxyl groups is 1. The van der Waals surface area contributed by atoms with E-state index in [2.05, 4.69) is 10.3 Å². The van der Waals surface area contributed by atoms with E-state index in [0.717, 1.165) is 16.5 Å². The molecule has 7 nitrogen and oxygen atoms in total. The number of carboxylic acids is 1. The number of rotatable bonds is 6. The lowest BCUT2D eigenvalue weighted by molar-refractivity contribution is 0.0696. The monoisotopic (exact) mass is 353 g/mol. The predicted octanol–water partition coefficient (Wildman–Crippen LogP) is 1.68. The van der Waals surface area contributed by atoms with E-state index in [1.54, 1.807) is 0 Å². The van der Waals surface area contributed by atoms with E-state index in [9.17, 15) is 14.7 Å². The summed E-state index contributed by atoms with van der Waals surface area (Å²) < 4.78 is 1.95. The molecule has 26 heavy (non-hydrogen) atoms. The highest BCUT2D eigenvalue weighted by molar-refractivity contribution is 5.96. The van der Waals surface area contributed by atoms with Gasteiger partial charge >= 0.3 is 5.97 Å². The summed E-state index contributed by atoms with van der Waals surface area (Å²) in [4.78, 5) is 27.6. The van der Waals surface area contributed by atoms with Gasteiger partial charge in [0.25, 0.3) is 5.91 Å². The van der Waals surface area contributed by atoms with Crippen LogP contribution in [0.4, 0.5) is 0 Å². The third-order valence-electron chi connectivity index (χ3n) is 4.20. The Morgan fingerprint density at radius 1 is 1.23 bits per heavy atom. The van der Waals surface area contributed by atoms with Crippen LogP contribution >= 0.6 is 0 Å². The molecule has 3 aromatic rings. The van der Waals surface area contributed by atoms with Gasteiger partial charge in [-0.15, -0.1) is 0 Å². The van der Waals surface area contributed by atoms with Crippen LogP contribution in [0.2, 0.25) is 0 Å². The molecule has 0 fully saturated rings. The number of benzene rings is 1. The molecule has 3 rings (SSSR count). The van der Waals surface area contributed by atoms with Crippen LogP contribution in [-0.4, -0.2) is 45.3 Å². The lowest BCUT2D eigenvalue weighted by Gasteiger charge is -2.08. The Hall–Kier alpha value is -3.19. The minimum Gasteiger partial charge on any atom is -0.478 e. The first-order chi connectivity index (χ1) is 12.5. The molecule has 0 radical (unpaired) electrons. The summed E-state index contributed by atoms with van der Waals surface area (Å²) in [5.74, 6) is -1.53. The van der Waals surface area contributed by atoms with Gasteiger partial charge in [0.1, 0.15) is 5.69 Å². The van der Waals surface area contributed by atoms with Gasteiger partial charge < -0.3 is 20.1 Å². The summed E-state index contributed by atoms with van der Waals surface area (Å²) in [7, 11) is 1.47. The van der Waals surface area contributed by atoms with Crippen molar-refractivity contribution >= 4 is 22.8 Å². The van der Waals surface area contributed by atoms with Gasteiger partial charge in [-0.2, -0.15) is 0 Å². The Labute approximate surface area is 149 Å². The van der Waals surface area contributed by atoms with E-state index in [0.29, 0.717) is 18.7 Å². The fourth-order valence-electron chi connectivity index (χ4n) is 2.99. The quantitative estimate of drug-likeness (QED) is 0.625. The number of aromatic carboxylic acids is 1. The number of fused-ring (bicyclic) bond motifs is 1. The molecular weight excluding hydrogens is 334 g/mol. The first-order valence-corrected chi connectivity index (χ1v) is 8.17. The molecule has 0 aliphatic rings. The zero-order valence-electron chi connectivity index (χ0n) is 14.3. The van der Waals surface area contributed by atoms with Gasteiger partial charge in [0.2, 0.25) is 0 Å². The van der Waals surface area contributed by atoms with Crippen LogP contribution in [0.1, 0.15) is 32.1 Å². The van der Waals surface area contributed by atoms with Crippen molar-refractivity contribution in [3.63, 3.8) is 0 Å². The molecule has 0 atom stereocenters. The maximum atomic E-state index is 11.9. The number of aliphatic hydroxyl groups excluding tert-OH is 1. The van der Waals surface area contributed by atoms with Crippen LogP contribution in [0.3, 0.4) is 0 Å². The smallest absolute Gasteiger partial charge is 0.335 e. The molecule has 0 spiro atoms. The number of carbonyl (C=O) groups excluding carboxylic acids is 1. The molecule has 1 aromatic carbocycles. The van der Waals surface area contributed by atoms with Crippen molar-refractivity contribution in [2.45, 2.75) is 13.0 Å².